The number of carbonyl (C=O) groups excluding carboxylic acids is 2. The van der Waals surface area contributed by atoms with Crippen molar-refractivity contribution in [3.05, 3.63) is 32.9 Å². The van der Waals surface area contributed by atoms with Gasteiger partial charge in [0.2, 0.25) is 0 Å². The lowest BCUT2D eigenvalue weighted by atomic mass is 10.1. The average molecular weight is 272 g/mol. The Bertz CT molecular complexity index is 382. The molecule has 2 rings (SSSR count). The minimum Gasteiger partial charge on any atom is -0.294 e. The molecular weight excluding hydrogens is 267 g/mol. The third-order valence-electron chi connectivity index (χ3n) is 1.90. The molecule has 2 nitrogen and oxygen atoms in total. The van der Waals surface area contributed by atoms with Gasteiger partial charge in [-0.2, -0.15) is 0 Å². The van der Waals surface area contributed by atoms with E-state index in [1.54, 1.807) is 12.1 Å². The first-order valence-electron chi connectivity index (χ1n) is 3.54. The second-order valence-corrected chi connectivity index (χ2v) is 3.96. The summed E-state index contributed by atoms with van der Waals surface area (Å²) in [5.74, 6) is -0.0973. The Morgan fingerprint density at radius 3 is 2.50 bits per heavy atom. The average Bonchev–Trinajstić information content (AvgIpc) is 2.28. The third-order valence-corrected chi connectivity index (χ3v) is 2.57. The number of benzene rings is 1. The van der Waals surface area contributed by atoms with Gasteiger partial charge in [0.15, 0.2) is 11.6 Å². The predicted molar refractivity (Wildman–Crippen MR) is 52.4 cm³/mol. The maximum Gasteiger partial charge on any atom is 0.171 e. The Balaban J connectivity index is 2.68. The monoisotopic (exact) mass is 272 g/mol. The van der Waals surface area contributed by atoms with E-state index in [0.29, 0.717) is 11.1 Å². The first-order chi connectivity index (χ1) is 5.68. The predicted octanol–water partition coefficient (Wildman–Crippen LogP) is 2.06. The fourth-order valence-electron chi connectivity index (χ4n) is 1.33. The van der Waals surface area contributed by atoms with Crippen LogP contribution in [-0.4, -0.2) is 11.6 Å². The molecule has 3 heteroatoms. The first-order valence-corrected chi connectivity index (χ1v) is 4.62. The highest BCUT2D eigenvalue weighted by atomic mass is 127. The summed E-state index contributed by atoms with van der Waals surface area (Å²) < 4.78 is 0.995. The van der Waals surface area contributed by atoms with Crippen molar-refractivity contribution < 1.29 is 9.59 Å². The lowest BCUT2D eigenvalue weighted by molar-refractivity contribution is 0.0923. The van der Waals surface area contributed by atoms with E-state index >= 15 is 0 Å². The molecule has 1 aliphatic rings. The molecule has 0 amide bonds. The summed E-state index contributed by atoms with van der Waals surface area (Å²) in [6.07, 6.45) is 0.0510. The largest absolute Gasteiger partial charge is 0.294 e. The smallest absolute Gasteiger partial charge is 0.171 e. The van der Waals surface area contributed by atoms with Gasteiger partial charge in [-0.1, -0.05) is 0 Å². The van der Waals surface area contributed by atoms with Crippen LogP contribution < -0.4 is 0 Å². The first kappa shape index (κ1) is 7.91. The molecule has 0 radical (unpaired) electrons. The van der Waals surface area contributed by atoms with E-state index < -0.39 is 0 Å². The number of carbonyl (C=O) groups is 2. The molecule has 0 atom stereocenters. The van der Waals surface area contributed by atoms with Gasteiger partial charge >= 0.3 is 0 Å². The number of rotatable bonds is 0. The lowest BCUT2D eigenvalue weighted by Crippen LogP contribution is -1.91. The van der Waals surface area contributed by atoms with Crippen molar-refractivity contribution in [2.75, 3.05) is 0 Å². The minimum atomic E-state index is -0.0496. The number of hydrogen-bond donors (Lipinski definition) is 0. The highest BCUT2D eigenvalue weighted by Crippen LogP contribution is 2.23. The Hall–Kier alpha value is -0.710. The van der Waals surface area contributed by atoms with Gasteiger partial charge in [0.1, 0.15) is 0 Å². The van der Waals surface area contributed by atoms with Crippen molar-refractivity contribution in [1.29, 1.82) is 0 Å². The molecule has 1 aliphatic carbocycles. The van der Waals surface area contributed by atoms with Crippen molar-refractivity contribution >= 4 is 34.2 Å². The molecule has 0 spiro atoms. The van der Waals surface area contributed by atoms with Crippen molar-refractivity contribution in [2.24, 2.45) is 0 Å². The summed E-state index contributed by atoms with van der Waals surface area (Å²) in [5.41, 5.74) is 1.17. The van der Waals surface area contributed by atoms with Gasteiger partial charge in [-0.25, -0.2) is 0 Å². The van der Waals surface area contributed by atoms with Crippen molar-refractivity contribution in [2.45, 2.75) is 6.42 Å². The standard InChI is InChI=1S/C9H5IO2/c10-5-1-2-6-7(3-5)9(12)4-8(6)11/h1-3H,4H2. The Labute approximate surface area is 83.1 Å². The summed E-state index contributed by atoms with van der Waals surface area (Å²) in [4.78, 5) is 22.4. The van der Waals surface area contributed by atoms with Crippen LogP contribution in [0, 0.1) is 3.57 Å². The van der Waals surface area contributed by atoms with Crippen LogP contribution >= 0.6 is 22.6 Å². The molecule has 0 unspecified atom stereocenters. The molecule has 0 fully saturated rings. The Morgan fingerprint density at radius 1 is 1.08 bits per heavy atom. The number of halogens is 1. The highest BCUT2D eigenvalue weighted by molar-refractivity contribution is 14.1. The van der Waals surface area contributed by atoms with E-state index in [-0.39, 0.29) is 18.0 Å². The zero-order chi connectivity index (χ0) is 8.72. The minimum absolute atomic E-state index is 0.0477. The maximum absolute atomic E-state index is 11.2. The van der Waals surface area contributed by atoms with E-state index in [2.05, 4.69) is 22.6 Å². The van der Waals surface area contributed by atoms with Crippen LogP contribution in [0.3, 0.4) is 0 Å². The summed E-state index contributed by atoms with van der Waals surface area (Å²) in [6, 6.07) is 5.34. The fraction of sp³-hybridized carbons (Fsp3) is 0.111. The topological polar surface area (TPSA) is 34.1 Å². The Kier molecular flexibility index (Phi) is 1.75. The van der Waals surface area contributed by atoms with Crippen LogP contribution in [0.5, 0.6) is 0 Å². The quantitative estimate of drug-likeness (QED) is 0.535. The van der Waals surface area contributed by atoms with Crippen LogP contribution in [0.1, 0.15) is 27.1 Å². The zero-order valence-electron chi connectivity index (χ0n) is 6.13. The summed E-state index contributed by atoms with van der Waals surface area (Å²) in [7, 11) is 0. The second-order valence-electron chi connectivity index (χ2n) is 2.71. The molecule has 0 N–H and O–H groups in total. The van der Waals surface area contributed by atoms with Gasteiger partial charge in [-0.15, -0.1) is 0 Å². The second kappa shape index (κ2) is 2.65. The molecule has 0 bridgehead atoms. The van der Waals surface area contributed by atoms with Crippen LogP contribution in [0.25, 0.3) is 0 Å². The van der Waals surface area contributed by atoms with Gasteiger partial charge in [-0.3, -0.25) is 9.59 Å². The van der Waals surface area contributed by atoms with Gasteiger partial charge < -0.3 is 0 Å². The van der Waals surface area contributed by atoms with Gasteiger partial charge in [-0.05, 0) is 40.8 Å². The van der Waals surface area contributed by atoms with Crippen LogP contribution in [0.15, 0.2) is 18.2 Å². The molecular formula is C9H5IO2. The summed E-state index contributed by atoms with van der Waals surface area (Å²) >= 11 is 2.13. The number of ketones is 2. The molecule has 1 aromatic carbocycles. The number of hydrogen-bond acceptors (Lipinski definition) is 2. The number of Topliss-reactive ketones (excluding diaryl/α,β-unsaturated/α-hetero) is 2. The molecule has 0 saturated heterocycles. The van der Waals surface area contributed by atoms with E-state index in [4.69, 9.17) is 0 Å². The lowest BCUT2D eigenvalue weighted by Gasteiger charge is -1.95. The zero-order valence-corrected chi connectivity index (χ0v) is 8.29. The molecule has 0 aromatic heterocycles. The summed E-state index contributed by atoms with van der Waals surface area (Å²) in [5, 5.41) is 0. The molecule has 60 valence electrons. The summed E-state index contributed by atoms with van der Waals surface area (Å²) in [6.45, 7) is 0. The van der Waals surface area contributed by atoms with E-state index in [1.165, 1.54) is 0 Å². The molecule has 12 heavy (non-hydrogen) atoms. The van der Waals surface area contributed by atoms with Gasteiger partial charge in [0, 0.05) is 14.7 Å². The van der Waals surface area contributed by atoms with Crippen molar-refractivity contribution in [3.8, 4) is 0 Å². The molecule has 0 saturated carbocycles. The van der Waals surface area contributed by atoms with E-state index in [0.717, 1.165) is 3.57 Å². The number of fused-ring (bicyclic) bond motifs is 1. The molecule has 1 aromatic rings. The van der Waals surface area contributed by atoms with E-state index in [1.807, 2.05) is 6.07 Å². The van der Waals surface area contributed by atoms with Crippen LogP contribution in [-0.2, 0) is 0 Å². The van der Waals surface area contributed by atoms with Gasteiger partial charge in [0.05, 0.1) is 6.42 Å². The maximum atomic E-state index is 11.2. The normalized spacial score (nSPS) is 15.1. The molecule has 0 aliphatic heterocycles. The molecule has 0 heterocycles. The Morgan fingerprint density at radius 2 is 1.75 bits per heavy atom. The SMILES string of the molecule is O=C1CC(=O)c2cc(I)ccc21. The highest BCUT2D eigenvalue weighted by Gasteiger charge is 2.26. The third kappa shape index (κ3) is 1.08. The van der Waals surface area contributed by atoms with Gasteiger partial charge in [0.25, 0.3) is 0 Å². The van der Waals surface area contributed by atoms with Crippen LogP contribution in [0.2, 0.25) is 0 Å². The van der Waals surface area contributed by atoms with Crippen molar-refractivity contribution in [1.82, 2.24) is 0 Å². The fourth-order valence-corrected chi connectivity index (χ4v) is 1.82. The van der Waals surface area contributed by atoms with Crippen LogP contribution in [0.4, 0.5) is 0 Å². The van der Waals surface area contributed by atoms with E-state index in [9.17, 15) is 9.59 Å². The van der Waals surface area contributed by atoms with Crippen molar-refractivity contribution in [3.63, 3.8) is 0 Å².